The van der Waals surface area contributed by atoms with Gasteiger partial charge in [0.2, 0.25) is 12.0 Å². The van der Waals surface area contributed by atoms with E-state index in [1.54, 1.807) is 6.20 Å². The van der Waals surface area contributed by atoms with E-state index in [2.05, 4.69) is 24.1 Å². The van der Waals surface area contributed by atoms with E-state index in [-0.39, 0.29) is 23.5 Å². The number of amides is 1. The number of aromatic amines is 1. The summed E-state index contributed by atoms with van der Waals surface area (Å²) in [6, 6.07) is 3.33. The van der Waals surface area contributed by atoms with E-state index >= 15 is 0 Å². The normalized spacial score (nSPS) is 20.1. The van der Waals surface area contributed by atoms with Gasteiger partial charge in [0.25, 0.3) is 0 Å². The summed E-state index contributed by atoms with van der Waals surface area (Å²) in [5, 5.41) is 2.97. The lowest BCUT2D eigenvalue weighted by atomic mass is 9.67. The predicted molar refractivity (Wildman–Crippen MR) is 77.4 cm³/mol. The molecule has 1 aliphatic carbocycles. The molecular formula is C14H21ClN2O2. The van der Waals surface area contributed by atoms with Crippen LogP contribution in [0.5, 0.6) is 0 Å². The van der Waals surface area contributed by atoms with Gasteiger partial charge in [0.1, 0.15) is 0 Å². The zero-order chi connectivity index (χ0) is 13.2. The van der Waals surface area contributed by atoms with Gasteiger partial charge < -0.3 is 10.3 Å². The van der Waals surface area contributed by atoms with Crippen LogP contribution in [0.2, 0.25) is 0 Å². The number of aromatic nitrogens is 1. The summed E-state index contributed by atoms with van der Waals surface area (Å²) in [5.41, 5.74) is 0.887. The SMILES string of the molecule is CC1(C)CCC(NC=O)(c2ccc(=O)[nH]c2)CC1.Cl. The topological polar surface area (TPSA) is 62.0 Å². The van der Waals surface area contributed by atoms with E-state index in [1.807, 2.05) is 6.07 Å². The lowest BCUT2D eigenvalue weighted by molar-refractivity contribution is -0.112. The maximum atomic E-state index is 11.1. The molecule has 19 heavy (non-hydrogen) atoms. The molecule has 106 valence electrons. The maximum Gasteiger partial charge on any atom is 0.247 e. The summed E-state index contributed by atoms with van der Waals surface area (Å²) >= 11 is 0. The van der Waals surface area contributed by atoms with Crippen LogP contribution in [-0.2, 0) is 10.3 Å². The van der Waals surface area contributed by atoms with Gasteiger partial charge in [0.15, 0.2) is 0 Å². The minimum absolute atomic E-state index is 0. The van der Waals surface area contributed by atoms with E-state index in [9.17, 15) is 9.59 Å². The Kier molecular flexibility index (Phi) is 4.80. The van der Waals surface area contributed by atoms with E-state index in [4.69, 9.17) is 0 Å². The van der Waals surface area contributed by atoms with Crippen molar-refractivity contribution < 1.29 is 4.79 Å². The molecule has 0 atom stereocenters. The quantitative estimate of drug-likeness (QED) is 0.837. The number of rotatable bonds is 3. The number of H-pyrrole nitrogens is 1. The van der Waals surface area contributed by atoms with Gasteiger partial charge in [-0.1, -0.05) is 13.8 Å². The Morgan fingerprint density at radius 3 is 2.32 bits per heavy atom. The highest BCUT2D eigenvalue weighted by molar-refractivity contribution is 5.85. The van der Waals surface area contributed by atoms with E-state index in [0.29, 0.717) is 5.41 Å². The molecule has 0 aromatic carbocycles. The van der Waals surface area contributed by atoms with Gasteiger partial charge in [-0.25, -0.2) is 0 Å². The van der Waals surface area contributed by atoms with Gasteiger partial charge in [-0.05, 0) is 42.7 Å². The maximum absolute atomic E-state index is 11.1. The number of carbonyl (C=O) groups excluding carboxylic acids is 1. The lowest BCUT2D eigenvalue weighted by Gasteiger charge is -2.43. The average Bonchev–Trinajstić information content (AvgIpc) is 2.34. The molecule has 1 saturated carbocycles. The van der Waals surface area contributed by atoms with Crippen molar-refractivity contribution in [2.45, 2.75) is 45.1 Å². The number of hydrogen-bond donors (Lipinski definition) is 2. The van der Waals surface area contributed by atoms with Gasteiger partial charge in [0, 0.05) is 12.3 Å². The van der Waals surface area contributed by atoms with Crippen LogP contribution < -0.4 is 10.9 Å². The van der Waals surface area contributed by atoms with Crippen molar-refractivity contribution in [1.82, 2.24) is 10.3 Å². The summed E-state index contributed by atoms with van der Waals surface area (Å²) in [5.74, 6) is 0. The number of nitrogens with one attached hydrogen (secondary N) is 2. The highest BCUT2D eigenvalue weighted by Gasteiger charge is 2.39. The third-order valence-corrected chi connectivity index (χ3v) is 4.13. The largest absolute Gasteiger partial charge is 0.349 e. The van der Waals surface area contributed by atoms with Gasteiger partial charge in [-0.15, -0.1) is 12.4 Å². The molecule has 1 fully saturated rings. The molecule has 4 nitrogen and oxygen atoms in total. The van der Waals surface area contributed by atoms with Crippen molar-refractivity contribution in [2.75, 3.05) is 0 Å². The number of carbonyl (C=O) groups is 1. The second-order valence-electron chi connectivity index (χ2n) is 5.95. The molecule has 0 radical (unpaired) electrons. The molecule has 0 bridgehead atoms. The zero-order valence-electron chi connectivity index (χ0n) is 11.4. The molecule has 2 rings (SSSR count). The summed E-state index contributed by atoms with van der Waals surface area (Å²) in [7, 11) is 0. The first-order valence-corrected chi connectivity index (χ1v) is 6.38. The van der Waals surface area contributed by atoms with Crippen molar-refractivity contribution in [3.63, 3.8) is 0 Å². The third kappa shape index (κ3) is 3.38. The third-order valence-electron chi connectivity index (χ3n) is 4.13. The molecule has 2 N–H and O–H groups in total. The van der Waals surface area contributed by atoms with Crippen LogP contribution >= 0.6 is 12.4 Å². The second-order valence-corrected chi connectivity index (χ2v) is 5.95. The minimum Gasteiger partial charge on any atom is -0.349 e. The molecular weight excluding hydrogens is 264 g/mol. The van der Waals surface area contributed by atoms with Crippen molar-refractivity contribution >= 4 is 18.8 Å². The molecule has 1 aromatic rings. The van der Waals surface area contributed by atoms with E-state index in [0.717, 1.165) is 37.7 Å². The van der Waals surface area contributed by atoms with Gasteiger partial charge in [-0.3, -0.25) is 9.59 Å². The fraction of sp³-hybridized carbons (Fsp3) is 0.571. The van der Waals surface area contributed by atoms with Crippen molar-refractivity contribution in [3.05, 3.63) is 34.2 Å². The molecule has 1 aromatic heterocycles. The Bertz CT molecular complexity index is 466. The van der Waals surface area contributed by atoms with Crippen LogP contribution in [0.3, 0.4) is 0 Å². The fourth-order valence-electron chi connectivity index (χ4n) is 2.69. The smallest absolute Gasteiger partial charge is 0.247 e. The van der Waals surface area contributed by atoms with Crippen molar-refractivity contribution in [1.29, 1.82) is 0 Å². The van der Waals surface area contributed by atoms with Gasteiger partial charge in [0.05, 0.1) is 5.54 Å². The van der Waals surface area contributed by atoms with E-state index < -0.39 is 0 Å². The van der Waals surface area contributed by atoms with Gasteiger partial charge in [-0.2, -0.15) is 0 Å². The fourth-order valence-corrected chi connectivity index (χ4v) is 2.69. The summed E-state index contributed by atoms with van der Waals surface area (Å²) in [6.45, 7) is 4.51. The van der Waals surface area contributed by atoms with Crippen LogP contribution in [0.15, 0.2) is 23.1 Å². The summed E-state index contributed by atoms with van der Waals surface area (Å²) in [4.78, 5) is 24.7. The van der Waals surface area contributed by atoms with E-state index in [1.165, 1.54) is 6.07 Å². The minimum atomic E-state index is -0.318. The Balaban J connectivity index is 0.00000180. The first-order valence-electron chi connectivity index (χ1n) is 6.38. The lowest BCUT2D eigenvalue weighted by Crippen LogP contribution is -2.46. The molecule has 5 heteroatoms. The Morgan fingerprint density at radius 2 is 1.84 bits per heavy atom. The first-order chi connectivity index (χ1) is 8.47. The number of pyridine rings is 1. The molecule has 0 saturated heterocycles. The Labute approximate surface area is 119 Å². The first kappa shape index (κ1) is 15.8. The summed E-state index contributed by atoms with van der Waals surface area (Å²) < 4.78 is 0. The van der Waals surface area contributed by atoms with Gasteiger partial charge >= 0.3 is 0 Å². The Morgan fingerprint density at radius 1 is 1.21 bits per heavy atom. The van der Waals surface area contributed by atoms with Crippen molar-refractivity contribution in [2.24, 2.45) is 5.41 Å². The highest BCUT2D eigenvalue weighted by Crippen LogP contribution is 2.44. The average molecular weight is 285 g/mol. The standard InChI is InChI=1S/C14H20N2O2.ClH/c1-13(2)5-7-14(8-6-13,16-10-17)11-3-4-12(18)15-9-11;/h3-4,9-10H,5-8H2,1-2H3,(H,15,18)(H,16,17);1H. The number of halogens is 1. The molecule has 0 aliphatic heterocycles. The highest BCUT2D eigenvalue weighted by atomic mass is 35.5. The van der Waals surface area contributed by atoms with Crippen LogP contribution in [0, 0.1) is 5.41 Å². The molecule has 0 unspecified atom stereocenters. The predicted octanol–water partition coefficient (Wildman–Crippen LogP) is 2.34. The Hall–Kier alpha value is -1.29. The van der Waals surface area contributed by atoms with Crippen LogP contribution in [0.1, 0.15) is 45.1 Å². The molecule has 1 aliphatic rings. The van der Waals surface area contributed by atoms with Crippen LogP contribution in [0.4, 0.5) is 0 Å². The van der Waals surface area contributed by atoms with Crippen molar-refractivity contribution in [3.8, 4) is 0 Å². The summed E-state index contributed by atoms with van der Waals surface area (Å²) in [6.07, 6.45) is 6.43. The van der Waals surface area contributed by atoms with Crippen LogP contribution in [-0.4, -0.2) is 11.4 Å². The molecule has 1 heterocycles. The molecule has 1 amide bonds. The number of hydrogen-bond acceptors (Lipinski definition) is 2. The van der Waals surface area contributed by atoms with Crippen LogP contribution in [0.25, 0.3) is 0 Å². The monoisotopic (exact) mass is 284 g/mol. The second kappa shape index (κ2) is 5.78. The zero-order valence-corrected chi connectivity index (χ0v) is 12.2. The molecule has 0 spiro atoms.